The lowest BCUT2D eigenvalue weighted by Crippen LogP contribution is -2.28. The van der Waals surface area contributed by atoms with Gasteiger partial charge in [-0.1, -0.05) is 38.1 Å². The summed E-state index contributed by atoms with van der Waals surface area (Å²) in [5.41, 5.74) is 0.687. The van der Waals surface area contributed by atoms with Crippen LogP contribution in [0.15, 0.2) is 36.9 Å². The Balaban J connectivity index is 2.46. The Kier molecular flexibility index (Phi) is 7.35. The van der Waals surface area contributed by atoms with Crippen LogP contribution in [0.4, 0.5) is 5.69 Å². The molecule has 0 aromatic heterocycles. The average molecular weight is 262 g/mol. The summed E-state index contributed by atoms with van der Waals surface area (Å²) >= 11 is 0. The monoisotopic (exact) mass is 262 g/mol. The van der Waals surface area contributed by atoms with Gasteiger partial charge < -0.3 is 15.4 Å². The first-order valence-electron chi connectivity index (χ1n) is 6.61. The number of amides is 1. The van der Waals surface area contributed by atoms with Crippen molar-refractivity contribution >= 4 is 11.6 Å². The second-order valence-corrected chi connectivity index (χ2v) is 4.17. The molecule has 0 fully saturated rings. The molecule has 4 nitrogen and oxygen atoms in total. The SMILES string of the molecule is C=CCOc1ccccc1NC(=O)CNCCCC. The molecule has 4 heteroatoms. The number of carbonyl (C=O) groups excluding carboxylic acids is 1. The number of unbranched alkanes of at least 4 members (excludes halogenated alkanes) is 1. The Morgan fingerprint density at radius 1 is 1.42 bits per heavy atom. The molecule has 0 atom stereocenters. The lowest BCUT2D eigenvalue weighted by atomic mass is 10.3. The number of anilines is 1. The molecule has 1 aromatic carbocycles. The van der Waals surface area contributed by atoms with Gasteiger partial charge in [0.25, 0.3) is 0 Å². The first-order valence-corrected chi connectivity index (χ1v) is 6.61. The highest BCUT2D eigenvalue weighted by Crippen LogP contribution is 2.23. The molecule has 104 valence electrons. The number of carbonyl (C=O) groups is 1. The summed E-state index contributed by atoms with van der Waals surface area (Å²) in [5, 5.41) is 5.94. The highest BCUT2D eigenvalue weighted by atomic mass is 16.5. The summed E-state index contributed by atoms with van der Waals surface area (Å²) in [5.74, 6) is 0.593. The minimum absolute atomic E-state index is 0.0641. The number of ether oxygens (including phenoxy) is 1. The summed E-state index contributed by atoms with van der Waals surface area (Å²) in [6.45, 7) is 7.32. The van der Waals surface area contributed by atoms with Gasteiger partial charge in [0.05, 0.1) is 12.2 Å². The molecule has 0 aliphatic rings. The molecule has 2 N–H and O–H groups in total. The molecule has 0 radical (unpaired) electrons. The zero-order valence-electron chi connectivity index (χ0n) is 11.4. The third-order valence-corrected chi connectivity index (χ3v) is 2.51. The molecule has 1 rings (SSSR count). The summed E-state index contributed by atoms with van der Waals surface area (Å²) in [6, 6.07) is 7.38. The first kappa shape index (κ1) is 15.2. The van der Waals surface area contributed by atoms with Crippen molar-refractivity contribution in [1.82, 2.24) is 5.32 Å². The van der Waals surface area contributed by atoms with Gasteiger partial charge in [-0.3, -0.25) is 4.79 Å². The standard InChI is InChI=1S/C15H22N2O2/c1-3-5-10-16-12-15(18)17-13-8-6-7-9-14(13)19-11-4-2/h4,6-9,16H,2-3,5,10-12H2,1H3,(H,17,18). The van der Waals surface area contributed by atoms with E-state index in [0.29, 0.717) is 24.6 Å². The van der Waals surface area contributed by atoms with Crippen LogP contribution in [0.1, 0.15) is 19.8 Å². The maximum atomic E-state index is 11.8. The summed E-state index contributed by atoms with van der Waals surface area (Å²) in [6.07, 6.45) is 3.87. The predicted molar refractivity (Wildman–Crippen MR) is 78.5 cm³/mol. The number of hydrogen-bond acceptors (Lipinski definition) is 3. The van der Waals surface area contributed by atoms with Crippen LogP contribution in [-0.2, 0) is 4.79 Å². The second kappa shape index (κ2) is 9.16. The Bertz CT molecular complexity index is 405. The summed E-state index contributed by atoms with van der Waals surface area (Å²) in [7, 11) is 0. The van der Waals surface area contributed by atoms with Crippen molar-refractivity contribution < 1.29 is 9.53 Å². The van der Waals surface area contributed by atoms with Crippen LogP contribution in [0.3, 0.4) is 0 Å². The average Bonchev–Trinajstić information content (AvgIpc) is 2.43. The van der Waals surface area contributed by atoms with Crippen molar-refractivity contribution in [2.75, 3.05) is 25.0 Å². The maximum Gasteiger partial charge on any atom is 0.238 e. The van der Waals surface area contributed by atoms with Crippen molar-refractivity contribution in [2.45, 2.75) is 19.8 Å². The van der Waals surface area contributed by atoms with Crippen LogP contribution in [0.5, 0.6) is 5.75 Å². The number of benzene rings is 1. The lowest BCUT2D eigenvalue weighted by molar-refractivity contribution is -0.115. The Hall–Kier alpha value is -1.81. The van der Waals surface area contributed by atoms with Gasteiger partial charge >= 0.3 is 0 Å². The van der Waals surface area contributed by atoms with Gasteiger partial charge in [0.1, 0.15) is 12.4 Å². The molecule has 0 aliphatic heterocycles. The van der Waals surface area contributed by atoms with Crippen LogP contribution in [0.25, 0.3) is 0 Å². The van der Waals surface area contributed by atoms with E-state index in [-0.39, 0.29) is 5.91 Å². The Morgan fingerprint density at radius 2 is 2.21 bits per heavy atom. The van der Waals surface area contributed by atoms with E-state index in [1.807, 2.05) is 24.3 Å². The first-order chi connectivity index (χ1) is 9.27. The molecular formula is C15H22N2O2. The minimum atomic E-state index is -0.0641. The predicted octanol–water partition coefficient (Wildman–Crippen LogP) is 2.58. The number of nitrogens with one attached hydrogen (secondary N) is 2. The van der Waals surface area contributed by atoms with Gasteiger partial charge in [0.2, 0.25) is 5.91 Å². The molecule has 1 aromatic rings. The quantitative estimate of drug-likeness (QED) is 0.531. The van der Waals surface area contributed by atoms with Gasteiger partial charge in [0, 0.05) is 0 Å². The zero-order valence-corrected chi connectivity index (χ0v) is 11.4. The number of rotatable bonds is 9. The second-order valence-electron chi connectivity index (χ2n) is 4.17. The van der Waals surface area contributed by atoms with Gasteiger partial charge in [-0.05, 0) is 25.1 Å². The Labute approximate surface area is 114 Å². The van der Waals surface area contributed by atoms with Crippen molar-refractivity contribution in [2.24, 2.45) is 0 Å². The maximum absolute atomic E-state index is 11.8. The lowest BCUT2D eigenvalue weighted by Gasteiger charge is -2.11. The van der Waals surface area contributed by atoms with Crippen LogP contribution in [0.2, 0.25) is 0 Å². The molecule has 19 heavy (non-hydrogen) atoms. The summed E-state index contributed by atoms with van der Waals surface area (Å²) < 4.78 is 5.48. The third-order valence-electron chi connectivity index (χ3n) is 2.51. The highest BCUT2D eigenvalue weighted by Gasteiger charge is 2.06. The largest absolute Gasteiger partial charge is 0.487 e. The van der Waals surface area contributed by atoms with Crippen LogP contribution in [0, 0.1) is 0 Å². The van der Waals surface area contributed by atoms with E-state index in [1.54, 1.807) is 6.08 Å². The third kappa shape index (κ3) is 6.06. The molecule has 0 saturated heterocycles. The van der Waals surface area contributed by atoms with E-state index in [1.165, 1.54) is 0 Å². The molecule has 0 unspecified atom stereocenters. The minimum Gasteiger partial charge on any atom is -0.487 e. The van der Waals surface area contributed by atoms with E-state index in [2.05, 4.69) is 24.1 Å². The molecule has 0 aliphatic carbocycles. The van der Waals surface area contributed by atoms with Crippen molar-refractivity contribution in [3.8, 4) is 5.75 Å². The van der Waals surface area contributed by atoms with E-state index >= 15 is 0 Å². The molecule has 0 bridgehead atoms. The van der Waals surface area contributed by atoms with Crippen molar-refractivity contribution in [3.05, 3.63) is 36.9 Å². The van der Waals surface area contributed by atoms with Crippen molar-refractivity contribution in [1.29, 1.82) is 0 Å². The normalized spacial score (nSPS) is 9.95. The molecule has 0 saturated carbocycles. The number of hydrogen-bond donors (Lipinski definition) is 2. The highest BCUT2D eigenvalue weighted by molar-refractivity contribution is 5.93. The fourth-order valence-electron chi connectivity index (χ4n) is 1.54. The zero-order chi connectivity index (χ0) is 13.9. The fraction of sp³-hybridized carbons (Fsp3) is 0.400. The van der Waals surface area contributed by atoms with Gasteiger partial charge in [-0.2, -0.15) is 0 Å². The van der Waals surface area contributed by atoms with Crippen molar-refractivity contribution in [3.63, 3.8) is 0 Å². The van der Waals surface area contributed by atoms with Gasteiger partial charge in [-0.15, -0.1) is 0 Å². The molecule has 0 spiro atoms. The van der Waals surface area contributed by atoms with Gasteiger partial charge in [-0.25, -0.2) is 0 Å². The Morgan fingerprint density at radius 3 is 2.95 bits per heavy atom. The van der Waals surface area contributed by atoms with Crippen LogP contribution >= 0.6 is 0 Å². The van der Waals surface area contributed by atoms with Gasteiger partial charge in [0.15, 0.2) is 0 Å². The fourth-order valence-corrected chi connectivity index (χ4v) is 1.54. The van der Waals surface area contributed by atoms with Crippen LogP contribution in [-0.4, -0.2) is 25.6 Å². The molecular weight excluding hydrogens is 240 g/mol. The van der Waals surface area contributed by atoms with E-state index < -0.39 is 0 Å². The summed E-state index contributed by atoms with van der Waals surface area (Å²) in [4.78, 5) is 11.8. The van der Waals surface area contributed by atoms with E-state index in [9.17, 15) is 4.79 Å². The topological polar surface area (TPSA) is 50.4 Å². The van der Waals surface area contributed by atoms with Crippen LogP contribution < -0.4 is 15.4 Å². The van der Waals surface area contributed by atoms with E-state index in [0.717, 1.165) is 19.4 Å². The van der Waals surface area contributed by atoms with E-state index in [4.69, 9.17) is 4.74 Å². The molecule has 0 heterocycles. The number of para-hydroxylation sites is 2. The molecule has 1 amide bonds. The smallest absolute Gasteiger partial charge is 0.238 e.